The summed E-state index contributed by atoms with van der Waals surface area (Å²) >= 11 is 11.5. The minimum Gasteiger partial charge on any atom is -0.455 e. The summed E-state index contributed by atoms with van der Waals surface area (Å²) in [7, 11) is 0. The number of hydrogen-bond acceptors (Lipinski definition) is 4. The summed E-state index contributed by atoms with van der Waals surface area (Å²) in [5.74, 6) is -0.351. The fourth-order valence-electron chi connectivity index (χ4n) is 1.57. The zero-order valence-electron chi connectivity index (χ0n) is 10.2. The normalized spacial score (nSPS) is 20.8. The molecule has 0 aliphatic heterocycles. The molecule has 1 amide bonds. The lowest BCUT2D eigenvalue weighted by atomic mass is 10.3. The van der Waals surface area contributed by atoms with Gasteiger partial charge in [-0.15, -0.1) is 0 Å². The number of carbonyl (C=O) groups excluding carboxylic acids is 2. The van der Waals surface area contributed by atoms with Crippen LogP contribution in [0.25, 0.3) is 0 Å². The van der Waals surface area contributed by atoms with Crippen LogP contribution in [0.15, 0.2) is 12.3 Å². The average Bonchev–Trinajstić information content (AvgIpc) is 3.07. The van der Waals surface area contributed by atoms with Crippen LogP contribution in [0.2, 0.25) is 10.0 Å². The molecule has 0 bridgehead atoms. The van der Waals surface area contributed by atoms with E-state index in [1.54, 1.807) is 0 Å². The van der Waals surface area contributed by atoms with E-state index in [2.05, 4.69) is 10.3 Å². The van der Waals surface area contributed by atoms with Gasteiger partial charge in [-0.1, -0.05) is 30.1 Å². The molecule has 1 saturated carbocycles. The molecule has 0 radical (unpaired) electrons. The van der Waals surface area contributed by atoms with Crippen LogP contribution < -0.4 is 5.32 Å². The van der Waals surface area contributed by atoms with Crippen molar-refractivity contribution in [1.29, 1.82) is 0 Å². The largest absolute Gasteiger partial charge is 0.455 e. The van der Waals surface area contributed by atoms with Crippen molar-refractivity contribution in [3.05, 3.63) is 22.3 Å². The lowest BCUT2D eigenvalue weighted by molar-refractivity contribution is -0.148. The summed E-state index contributed by atoms with van der Waals surface area (Å²) in [4.78, 5) is 26.8. The minimum atomic E-state index is -0.488. The van der Waals surface area contributed by atoms with Crippen LogP contribution in [0.1, 0.15) is 13.3 Å². The predicted octanol–water partition coefficient (Wildman–Crippen LogP) is 2.53. The van der Waals surface area contributed by atoms with Crippen molar-refractivity contribution < 1.29 is 14.3 Å². The number of ether oxygens (including phenoxy) is 1. The number of anilines is 1. The Bertz CT molecular complexity index is 522. The molecule has 1 fully saturated rings. The molecule has 1 aliphatic carbocycles. The summed E-state index contributed by atoms with van der Waals surface area (Å²) in [6.45, 7) is 1.62. The fraction of sp³-hybridized carbons (Fsp3) is 0.417. The molecule has 0 spiro atoms. The first-order chi connectivity index (χ1) is 8.97. The van der Waals surface area contributed by atoms with E-state index < -0.39 is 5.91 Å². The van der Waals surface area contributed by atoms with Gasteiger partial charge in [-0.05, 0) is 18.4 Å². The first kappa shape index (κ1) is 14.1. The van der Waals surface area contributed by atoms with Crippen LogP contribution in [0.5, 0.6) is 0 Å². The summed E-state index contributed by atoms with van der Waals surface area (Å²) < 4.78 is 4.89. The first-order valence-electron chi connectivity index (χ1n) is 5.75. The maximum absolute atomic E-state index is 11.6. The molecule has 0 saturated heterocycles. The summed E-state index contributed by atoms with van der Waals surface area (Å²) in [6.07, 6.45) is 2.19. The van der Waals surface area contributed by atoms with E-state index in [4.69, 9.17) is 27.9 Å². The van der Waals surface area contributed by atoms with Gasteiger partial charge in [-0.25, -0.2) is 4.98 Å². The fourth-order valence-corrected chi connectivity index (χ4v) is 2.00. The number of nitrogens with zero attached hydrogens (tertiary/aromatic N) is 1. The van der Waals surface area contributed by atoms with E-state index in [-0.39, 0.29) is 29.3 Å². The number of hydrogen-bond donors (Lipinski definition) is 1. The van der Waals surface area contributed by atoms with Gasteiger partial charge in [0.1, 0.15) is 0 Å². The zero-order chi connectivity index (χ0) is 14.0. The molecule has 102 valence electrons. The maximum atomic E-state index is 11.6. The molecular weight excluding hydrogens is 291 g/mol. The third kappa shape index (κ3) is 3.81. The lowest BCUT2D eigenvalue weighted by Gasteiger charge is -2.07. The van der Waals surface area contributed by atoms with E-state index in [1.165, 1.54) is 12.3 Å². The van der Waals surface area contributed by atoms with Gasteiger partial charge in [0.2, 0.25) is 0 Å². The van der Waals surface area contributed by atoms with Crippen molar-refractivity contribution in [3.63, 3.8) is 0 Å². The monoisotopic (exact) mass is 302 g/mol. The van der Waals surface area contributed by atoms with E-state index in [1.807, 2.05) is 6.92 Å². The van der Waals surface area contributed by atoms with Gasteiger partial charge in [0.15, 0.2) is 12.4 Å². The zero-order valence-corrected chi connectivity index (χ0v) is 11.7. The van der Waals surface area contributed by atoms with Crippen molar-refractivity contribution in [2.24, 2.45) is 11.8 Å². The second-order valence-electron chi connectivity index (χ2n) is 4.46. The topological polar surface area (TPSA) is 68.3 Å². The van der Waals surface area contributed by atoms with Gasteiger partial charge in [-0.3, -0.25) is 9.59 Å². The van der Waals surface area contributed by atoms with Crippen LogP contribution in [-0.4, -0.2) is 23.5 Å². The number of carbonyl (C=O) groups is 2. The summed E-state index contributed by atoms with van der Waals surface area (Å²) in [6, 6.07) is 1.46. The van der Waals surface area contributed by atoms with Crippen LogP contribution >= 0.6 is 23.2 Å². The Balaban J connectivity index is 1.82. The third-order valence-corrected chi connectivity index (χ3v) is 3.32. The van der Waals surface area contributed by atoms with Gasteiger partial charge in [0, 0.05) is 6.20 Å². The van der Waals surface area contributed by atoms with Gasteiger partial charge in [0.05, 0.1) is 16.0 Å². The lowest BCUT2D eigenvalue weighted by Crippen LogP contribution is -2.22. The van der Waals surface area contributed by atoms with E-state index in [0.29, 0.717) is 10.9 Å². The highest BCUT2D eigenvalue weighted by molar-refractivity contribution is 6.36. The van der Waals surface area contributed by atoms with Gasteiger partial charge in [-0.2, -0.15) is 0 Å². The molecular formula is C12H12Cl2N2O3. The summed E-state index contributed by atoms with van der Waals surface area (Å²) in [5.41, 5.74) is 0. The van der Waals surface area contributed by atoms with Crippen molar-refractivity contribution in [2.45, 2.75) is 13.3 Å². The number of esters is 1. The van der Waals surface area contributed by atoms with E-state index >= 15 is 0 Å². The third-order valence-electron chi connectivity index (χ3n) is 2.82. The minimum absolute atomic E-state index is 0.0648. The van der Waals surface area contributed by atoms with Gasteiger partial charge in [0.25, 0.3) is 5.91 Å². The Morgan fingerprint density at radius 3 is 2.79 bits per heavy atom. The standard InChI is InChI=1S/C12H12Cl2N2O3/c1-6-2-8(6)12(18)19-5-10(17)16-11-9(14)3-7(13)4-15-11/h3-4,6,8H,2,5H2,1H3,(H,15,16,17)/t6-,8-/m1/s1. The molecule has 7 heteroatoms. The Labute approximate surface area is 120 Å². The summed E-state index contributed by atoms with van der Waals surface area (Å²) in [5, 5.41) is 3.04. The molecule has 0 aromatic carbocycles. The molecule has 1 aromatic rings. The molecule has 5 nitrogen and oxygen atoms in total. The number of halogens is 2. The molecule has 19 heavy (non-hydrogen) atoms. The van der Waals surface area contributed by atoms with Crippen molar-refractivity contribution in [2.75, 3.05) is 11.9 Å². The highest BCUT2D eigenvalue weighted by Gasteiger charge is 2.40. The van der Waals surface area contributed by atoms with Crippen LogP contribution in [0, 0.1) is 11.8 Å². The highest BCUT2D eigenvalue weighted by atomic mass is 35.5. The number of nitrogens with one attached hydrogen (secondary N) is 1. The number of pyridine rings is 1. The Hall–Kier alpha value is -1.33. The molecule has 1 heterocycles. The van der Waals surface area contributed by atoms with Crippen LogP contribution in [0.4, 0.5) is 5.82 Å². The van der Waals surface area contributed by atoms with Crippen molar-refractivity contribution in [1.82, 2.24) is 4.98 Å². The first-order valence-corrected chi connectivity index (χ1v) is 6.50. The average molecular weight is 303 g/mol. The number of amides is 1. The molecule has 2 atom stereocenters. The molecule has 0 unspecified atom stereocenters. The second kappa shape index (κ2) is 5.75. The number of aromatic nitrogens is 1. The van der Waals surface area contributed by atoms with Crippen LogP contribution in [0.3, 0.4) is 0 Å². The molecule has 1 aromatic heterocycles. The molecule has 1 aliphatic rings. The molecule has 2 rings (SSSR count). The van der Waals surface area contributed by atoms with Crippen molar-refractivity contribution >= 4 is 40.9 Å². The maximum Gasteiger partial charge on any atom is 0.309 e. The Kier molecular flexibility index (Phi) is 4.27. The quantitative estimate of drug-likeness (QED) is 0.868. The van der Waals surface area contributed by atoms with Crippen molar-refractivity contribution in [3.8, 4) is 0 Å². The predicted molar refractivity (Wildman–Crippen MR) is 71.1 cm³/mol. The Morgan fingerprint density at radius 2 is 2.21 bits per heavy atom. The van der Waals surface area contributed by atoms with E-state index in [9.17, 15) is 9.59 Å². The van der Waals surface area contributed by atoms with E-state index in [0.717, 1.165) is 6.42 Å². The second-order valence-corrected chi connectivity index (χ2v) is 5.30. The molecule has 1 N–H and O–H groups in total. The number of rotatable bonds is 4. The Morgan fingerprint density at radius 1 is 1.53 bits per heavy atom. The highest BCUT2D eigenvalue weighted by Crippen LogP contribution is 2.38. The van der Waals surface area contributed by atoms with Crippen LogP contribution in [-0.2, 0) is 14.3 Å². The van der Waals surface area contributed by atoms with Gasteiger partial charge >= 0.3 is 5.97 Å². The smallest absolute Gasteiger partial charge is 0.309 e. The van der Waals surface area contributed by atoms with Gasteiger partial charge < -0.3 is 10.1 Å². The SMILES string of the molecule is C[C@@H]1C[C@H]1C(=O)OCC(=O)Nc1ncc(Cl)cc1Cl.